The van der Waals surface area contributed by atoms with E-state index in [1.165, 1.54) is 13.2 Å². The highest BCUT2D eigenvalue weighted by Crippen LogP contribution is 2.29. The predicted octanol–water partition coefficient (Wildman–Crippen LogP) is 2.67. The number of piperidine rings is 1. The van der Waals surface area contributed by atoms with Gasteiger partial charge < -0.3 is 9.64 Å². The normalized spacial score (nSPS) is 16.6. The van der Waals surface area contributed by atoms with E-state index in [1.807, 2.05) is 4.90 Å². The molecule has 1 aromatic heterocycles. The SMILES string of the molecule is COC(=O)CCC1CCN(c2ccc(C(F)(F)F)nn2)CC1. The van der Waals surface area contributed by atoms with Crippen molar-refractivity contribution < 1.29 is 22.7 Å². The number of aromatic nitrogens is 2. The van der Waals surface area contributed by atoms with Gasteiger partial charge in [-0.3, -0.25) is 4.79 Å². The van der Waals surface area contributed by atoms with Crippen molar-refractivity contribution in [1.29, 1.82) is 0 Å². The first-order valence-corrected chi connectivity index (χ1v) is 7.13. The van der Waals surface area contributed by atoms with Crippen molar-refractivity contribution in [3.05, 3.63) is 17.8 Å². The molecule has 8 heteroatoms. The Kier molecular flexibility index (Phi) is 5.20. The summed E-state index contributed by atoms with van der Waals surface area (Å²) in [5.74, 6) is 0.674. The minimum atomic E-state index is -4.47. The summed E-state index contributed by atoms with van der Waals surface area (Å²) in [5, 5.41) is 6.90. The third-order valence-corrected chi connectivity index (χ3v) is 3.86. The third-order valence-electron chi connectivity index (χ3n) is 3.86. The Hall–Kier alpha value is -1.86. The average Bonchev–Trinajstić information content (AvgIpc) is 2.52. The Bertz CT molecular complexity index is 497. The smallest absolute Gasteiger partial charge is 0.435 e. The zero-order valence-corrected chi connectivity index (χ0v) is 12.3. The molecule has 22 heavy (non-hydrogen) atoms. The predicted molar refractivity (Wildman–Crippen MR) is 73.2 cm³/mol. The summed E-state index contributed by atoms with van der Waals surface area (Å²) >= 11 is 0. The molecule has 0 atom stereocenters. The zero-order chi connectivity index (χ0) is 16.2. The summed E-state index contributed by atoms with van der Waals surface area (Å²) in [6, 6.07) is 2.30. The highest BCUT2D eigenvalue weighted by Gasteiger charge is 2.33. The molecule has 0 spiro atoms. The molecule has 0 radical (unpaired) electrons. The molecule has 0 N–H and O–H groups in total. The molecule has 122 valence electrons. The van der Waals surface area contributed by atoms with Crippen molar-refractivity contribution in [2.45, 2.75) is 31.9 Å². The van der Waals surface area contributed by atoms with Gasteiger partial charge in [-0.15, -0.1) is 10.2 Å². The number of ether oxygens (including phenoxy) is 1. The Morgan fingerprint density at radius 2 is 2.00 bits per heavy atom. The number of hydrogen-bond donors (Lipinski definition) is 0. The Morgan fingerprint density at radius 3 is 2.50 bits per heavy atom. The fraction of sp³-hybridized carbons (Fsp3) is 0.643. The molecule has 1 fully saturated rings. The maximum Gasteiger partial charge on any atom is 0.435 e. The van der Waals surface area contributed by atoms with Gasteiger partial charge in [0, 0.05) is 19.5 Å². The van der Waals surface area contributed by atoms with Gasteiger partial charge in [-0.25, -0.2) is 0 Å². The molecule has 1 aliphatic heterocycles. The number of carbonyl (C=O) groups excluding carboxylic acids is 1. The summed E-state index contributed by atoms with van der Waals surface area (Å²) in [6.07, 6.45) is -1.54. The van der Waals surface area contributed by atoms with Crippen LogP contribution >= 0.6 is 0 Å². The molecule has 0 saturated carbocycles. The van der Waals surface area contributed by atoms with E-state index in [1.54, 1.807) is 0 Å². The molecule has 0 aromatic carbocycles. The van der Waals surface area contributed by atoms with Gasteiger partial charge in [0.15, 0.2) is 11.5 Å². The van der Waals surface area contributed by atoms with Crippen molar-refractivity contribution in [3.63, 3.8) is 0 Å². The van der Waals surface area contributed by atoms with Crippen LogP contribution in [0.2, 0.25) is 0 Å². The Labute approximate surface area is 126 Å². The van der Waals surface area contributed by atoms with E-state index in [4.69, 9.17) is 0 Å². The molecule has 2 rings (SSSR count). The average molecular weight is 317 g/mol. The summed E-state index contributed by atoms with van der Waals surface area (Å²) in [5.41, 5.74) is -0.982. The lowest BCUT2D eigenvalue weighted by molar-refractivity contribution is -0.142. The van der Waals surface area contributed by atoms with E-state index < -0.39 is 11.9 Å². The van der Waals surface area contributed by atoms with Crippen LogP contribution in [0.5, 0.6) is 0 Å². The van der Waals surface area contributed by atoms with Gasteiger partial charge in [-0.1, -0.05) is 0 Å². The van der Waals surface area contributed by atoms with Crippen molar-refractivity contribution in [2.75, 3.05) is 25.1 Å². The standard InChI is InChI=1S/C14H18F3N3O2/c1-22-13(21)5-2-10-6-8-20(9-7-10)12-4-3-11(18-19-12)14(15,16)17/h3-4,10H,2,5-9H2,1H3. The molecule has 0 unspecified atom stereocenters. The molecule has 2 heterocycles. The minimum absolute atomic E-state index is 0.212. The van der Waals surface area contributed by atoms with Crippen LogP contribution in [0.1, 0.15) is 31.4 Å². The van der Waals surface area contributed by atoms with Gasteiger partial charge in [0.05, 0.1) is 7.11 Å². The maximum absolute atomic E-state index is 12.4. The number of nitrogens with zero attached hydrogens (tertiary/aromatic N) is 3. The fourth-order valence-corrected chi connectivity index (χ4v) is 2.52. The fourth-order valence-electron chi connectivity index (χ4n) is 2.52. The van der Waals surface area contributed by atoms with E-state index in [9.17, 15) is 18.0 Å². The van der Waals surface area contributed by atoms with E-state index in [0.29, 0.717) is 31.2 Å². The zero-order valence-electron chi connectivity index (χ0n) is 12.3. The van der Waals surface area contributed by atoms with Crippen LogP contribution in [-0.2, 0) is 15.7 Å². The lowest BCUT2D eigenvalue weighted by Crippen LogP contribution is -2.34. The lowest BCUT2D eigenvalue weighted by atomic mass is 9.92. The van der Waals surface area contributed by atoms with Crippen molar-refractivity contribution in [3.8, 4) is 0 Å². The van der Waals surface area contributed by atoms with Gasteiger partial charge in [0.1, 0.15) is 0 Å². The summed E-state index contributed by atoms with van der Waals surface area (Å²) in [6.45, 7) is 1.40. The molecule has 5 nitrogen and oxygen atoms in total. The number of anilines is 1. The number of alkyl halides is 3. The number of carbonyl (C=O) groups is 1. The van der Waals surface area contributed by atoms with Crippen LogP contribution in [0.4, 0.5) is 19.0 Å². The van der Waals surface area contributed by atoms with Crippen molar-refractivity contribution in [1.82, 2.24) is 10.2 Å². The van der Waals surface area contributed by atoms with E-state index in [-0.39, 0.29) is 5.97 Å². The van der Waals surface area contributed by atoms with Crippen LogP contribution in [0, 0.1) is 5.92 Å². The van der Waals surface area contributed by atoms with Crippen LogP contribution in [0.3, 0.4) is 0 Å². The van der Waals surface area contributed by atoms with Crippen LogP contribution in [-0.4, -0.2) is 36.4 Å². The largest absolute Gasteiger partial charge is 0.469 e. The molecule has 1 aromatic rings. The van der Waals surface area contributed by atoms with E-state index >= 15 is 0 Å². The summed E-state index contributed by atoms with van der Waals surface area (Å²) in [7, 11) is 1.37. The number of rotatable bonds is 4. The first kappa shape index (κ1) is 16.5. The van der Waals surface area contributed by atoms with Crippen molar-refractivity contribution in [2.24, 2.45) is 5.92 Å². The van der Waals surface area contributed by atoms with E-state index in [2.05, 4.69) is 14.9 Å². The lowest BCUT2D eigenvalue weighted by Gasteiger charge is -2.32. The van der Waals surface area contributed by atoms with Gasteiger partial charge in [0.2, 0.25) is 0 Å². The maximum atomic E-state index is 12.4. The molecule has 0 amide bonds. The van der Waals surface area contributed by atoms with Gasteiger partial charge in [0.25, 0.3) is 0 Å². The summed E-state index contributed by atoms with van der Waals surface area (Å²) in [4.78, 5) is 13.0. The molecular formula is C14H18F3N3O2. The second-order valence-corrected chi connectivity index (χ2v) is 5.32. The number of halogens is 3. The molecule has 0 aliphatic carbocycles. The number of hydrogen-bond acceptors (Lipinski definition) is 5. The van der Waals surface area contributed by atoms with Crippen LogP contribution in [0.15, 0.2) is 12.1 Å². The topological polar surface area (TPSA) is 55.3 Å². The second kappa shape index (κ2) is 6.93. The van der Waals surface area contributed by atoms with Gasteiger partial charge >= 0.3 is 12.1 Å². The Balaban J connectivity index is 1.85. The quantitative estimate of drug-likeness (QED) is 0.799. The van der Waals surface area contributed by atoms with Crippen molar-refractivity contribution >= 4 is 11.8 Å². The number of methoxy groups -OCH3 is 1. The highest BCUT2D eigenvalue weighted by atomic mass is 19.4. The minimum Gasteiger partial charge on any atom is -0.469 e. The third kappa shape index (κ3) is 4.32. The molecular weight excluding hydrogens is 299 g/mol. The molecule has 0 bridgehead atoms. The first-order valence-electron chi connectivity index (χ1n) is 7.13. The van der Waals surface area contributed by atoms with Gasteiger partial charge in [-0.05, 0) is 37.3 Å². The van der Waals surface area contributed by atoms with Crippen LogP contribution in [0.25, 0.3) is 0 Å². The van der Waals surface area contributed by atoms with Crippen LogP contribution < -0.4 is 4.90 Å². The summed E-state index contributed by atoms with van der Waals surface area (Å²) < 4.78 is 41.9. The van der Waals surface area contributed by atoms with Gasteiger partial charge in [-0.2, -0.15) is 13.2 Å². The highest BCUT2D eigenvalue weighted by molar-refractivity contribution is 5.69. The first-order chi connectivity index (χ1) is 10.4. The molecule has 1 saturated heterocycles. The molecule has 1 aliphatic rings. The number of esters is 1. The second-order valence-electron chi connectivity index (χ2n) is 5.32. The van der Waals surface area contributed by atoms with E-state index in [0.717, 1.165) is 25.3 Å². The Morgan fingerprint density at radius 1 is 1.32 bits per heavy atom. The monoisotopic (exact) mass is 317 g/mol.